The Balaban J connectivity index is 1.79. The molecule has 2 N–H and O–H groups in total. The normalized spacial score (nSPS) is 22.7. The molecular weight excluding hydrogens is 352 g/mol. The van der Waals surface area contributed by atoms with Crippen LogP contribution in [0.25, 0.3) is 0 Å². The molecule has 24 heavy (non-hydrogen) atoms. The molecule has 3 rings (SSSR count). The molecule has 1 fully saturated rings. The summed E-state index contributed by atoms with van der Waals surface area (Å²) in [4.78, 5) is 36.8. The van der Waals surface area contributed by atoms with Crippen LogP contribution in [0.15, 0.2) is 41.6 Å². The summed E-state index contributed by atoms with van der Waals surface area (Å²) in [5, 5.41) is 11.5. The number of amides is 2. The van der Waals surface area contributed by atoms with Gasteiger partial charge in [-0.2, -0.15) is 0 Å². The number of rotatable bonds is 5. The number of hydrogen-bond donors (Lipinski definition) is 2. The molecule has 2 atom stereocenters. The van der Waals surface area contributed by atoms with E-state index in [4.69, 9.17) is 11.6 Å². The van der Waals surface area contributed by atoms with Crippen LogP contribution in [0.4, 0.5) is 0 Å². The zero-order valence-corrected chi connectivity index (χ0v) is 14.1. The number of β-lactam (4-membered cyclic amide) rings is 1. The maximum atomic E-state index is 12.3. The van der Waals surface area contributed by atoms with Gasteiger partial charge in [0.15, 0.2) is 0 Å². The van der Waals surface area contributed by atoms with Crippen LogP contribution in [0.2, 0.25) is 0 Å². The molecule has 2 aliphatic heterocycles. The molecular formula is C16H15ClN2O4S. The van der Waals surface area contributed by atoms with E-state index in [0.29, 0.717) is 5.57 Å². The molecule has 1 aromatic rings. The lowest BCUT2D eigenvalue weighted by Crippen LogP contribution is -2.57. The van der Waals surface area contributed by atoms with Crippen LogP contribution in [0.1, 0.15) is 12.0 Å². The Bertz CT molecular complexity index is 722. The van der Waals surface area contributed by atoms with Gasteiger partial charge < -0.3 is 10.4 Å². The van der Waals surface area contributed by atoms with Crippen molar-refractivity contribution in [1.29, 1.82) is 0 Å². The molecule has 2 aliphatic rings. The Morgan fingerprint density at radius 1 is 1.33 bits per heavy atom. The van der Waals surface area contributed by atoms with Gasteiger partial charge in [-0.1, -0.05) is 30.3 Å². The van der Waals surface area contributed by atoms with Crippen LogP contribution in [0, 0.1) is 0 Å². The first-order chi connectivity index (χ1) is 11.5. The fraction of sp³-hybridized carbons (Fsp3) is 0.312. The van der Waals surface area contributed by atoms with Crippen LogP contribution in [-0.2, 0) is 20.8 Å². The molecule has 126 valence electrons. The van der Waals surface area contributed by atoms with Crippen molar-refractivity contribution >= 4 is 41.1 Å². The van der Waals surface area contributed by atoms with Gasteiger partial charge >= 0.3 is 5.97 Å². The number of halogens is 1. The predicted molar refractivity (Wildman–Crippen MR) is 90.3 cm³/mol. The molecule has 0 saturated carbocycles. The van der Waals surface area contributed by atoms with Crippen LogP contribution in [0.5, 0.6) is 0 Å². The number of carbonyl (C=O) groups is 3. The first-order valence-corrected chi connectivity index (χ1v) is 8.82. The van der Waals surface area contributed by atoms with Crippen molar-refractivity contribution in [1.82, 2.24) is 10.2 Å². The van der Waals surface area contributed by atoms with E-state index < -0.39 is 11.3 Å². The second kappa shape index (κ2) is 6.86. The summed E-state index contributed by atoms with van der Waals surface area (Å²) in [7, 11) is 0. The number of hydrogen-bond acceptors (Lipinski definition) is 4. The number of carboxylic acid groups (broad SMARTS) is 1. The number of carboxylic acids is 1. The van der Waals surface area contributed by atoms with Crippen LogP contribution < -0.4 is 5.32 Å². The maximum Gasteiger partial charge on any atom is 0.352 e. The fourth-order valence-corrected chi connectivity index (χ4v) is 4.59. The quantitative estimate of drug-likeness (QED) is 0.610. The van der Waals surface area contributed by atoms with Crippen LogP contribution in [0.3, 0.4) is 0 Å². The summed E-state index contributed by atoms with van der Waals surface area (Å²) in [6, 6.07) is 9.26. The summed E-state index contributed by atoms with van der Waals surface area (Å²) < 4.78 is 0. The highest BCUT2D eigenvalue weighted by atomic mass is 35.5. The Hall–Kier alpha value is -1.99. The van der Waals surface area contributed by atoms with Crippen molar-refractivity contribution in [3.8, 4) is 0 Å². The van der Waals surface area contributed by atoms with Crippen molar-refractivity contribution in [2.75, 3.05) is 5.88 Å². The van der Waals surface area contributed by atoms with Crippen LogP contribution in [-0.4, -0.2) is 44.4 Å². The molecule has 0 aliphatic carbocycles. The Kier molecular flexibility index (Phi) is 4.82. The van der Waals surface area contributed by atoms with Crippen molar-refractivity contribution in [3.05, 3.63) is 47.2 Å². The lowest BCUT2D eigenvalue weighted by atomic mass is 10.1. The van der Waals surface area contributed by atoms with E-state index in [1.54, 1.807) is 0 Å². The zero-order chi connectivity index (χ0) is 17.3. The summed E-state index contributed by atoms with van der Waals surface area (Å²) in [5.41, 5.74) is 1.11. The third-order valence-corrected chi connectivity index (χ3v) is 5.56. The average molecular weight is 367 g/mol. The van der Waals surface area contributed by atoms with Gasteiger partial charge in [-0.25, -0.2) is 4.79 Å². The van der Waals surface area contributed by atoms with Gasteiger partial charge in [0.2, 0.25) is 11.8 Å². The van der Waals surface area contributed by atoms with Gasteiger partial charge in [0.25, 0.3) is 0 Å². The minimum atomic E-state index is -1.20. The predicted octanol–water partition coefficient (Wildman–Crippen LogP) is 1.55. The van der Waals surface area contributed by atoms with E-state index >= 15 is 0 Å². The number of fused-ring (bicyclic) bond motifs is 1. The topological polar surface area (TPSA) is 86.7 Å². The summed E-state index contributed by atoms with van der Waals surface area (Å²) in [6.07, 6.45) is 0.464. The fourth-order valence-electron chi connectivity index (χ4n) is 2.76. The van der Waals surface area contributed by atoms with Gasteiger partial charge in [0.1, 0.15) is 11.1 Å². The molecule has 0 spiro atoms. The summed E-state index contributed by atoms with van der Waals surface area (Å²) in [6.45, 7) is 0. The molecule has 0 radical (unpaired) electrons. The van der Waals surface area contributed by atoms with Gasteiger partial charge in [-0.05, 0) is 5.56 Å². The first-order valence-electron chi connectivity index (χ1n) is 7.34. The molecule has 2 heterocycles. The number of carbonyl (C=O) groups excluding carboxylic acids is 2. The van der Waals surface area contributed by atoms with Gasteiger partial charge in [0, 0.05) is 11.5 Å². The SMILES string of the molecule is O=C(Cc1ccccc1)NC1SC2CC(=O)N2C(C(=O)O)=C1CCl. The zero-order valence-electron chi connectivity index (χ0n) is 12.6. The monoisotopic (exact) mass is 366 g/mol. The molecule has 1 aromatic carbocycles. The standard InChI is InChI=1S/C16H15ClN2O4S/c17-8-10-14(16(22)23)19-12(21)7-13(19)24-15(10)18-11(20)6-9-4-2-1-3-5-9/h1-5,13,15H,6-8H2,(H,18,20)(H,22,23). The van der Waals surface area contributed by atoms with Gasteiger partial charge in [-0.15, -0.1) is 23.4 Å². The van der Waals surface area contributed by atoms with E-state index in [1.807, 2.05) is 30.3 Å². The Morgan fingerprint density at radius 3 is 2.62 bits per heavy atom. The number of aliphatic carboxylic acids is 1. The summed E-state index contributed by atoms with van der Waals surface area (Å²) in [5.74, 6) is -1.72. The van der Waals surface area contributed by atoms with Crippen molar-refractivity contribution in [3.63, 3.8) is 0 Å². The third-order valence-electron chi connectivity index (χ3n) is 3.91. The van der Waals surface area contributed by atoms with Crippen molar-refractivity contribution in [2.24, 2.45) is 0 Å². The molecule has 2 amide bonds. The third kappa shape index (κ3) is 3.14. The minimum absolute atomic E-state index is 0.0680. The number of nitrogens with one attached hydrogen (secondary N) is 1. The average Bonchev–Trinajstić information content (AvgIpc) is 2.54. The minimum Gasteiger partial charge on any atom is -0.477 e. The van der Waals surface area contributed by atoms with E-state index in [2.05, 4.69) is 5.32 Å². The van der Waals surface area contributed by atoms with Gasteiger partial charge in [-0.3, -0.25) is 14.5 Å². The Morgan fingerprint density at radius 2 is 2.04 bits per heavy atom. The second-order valence-electron chi connectivity index (χ2n) is 5.48. The number of thioether (sulfide) groups is 1. The van der Waals surface area contributed by atoms with Gasteiger partial charge in [0.05, 0.1) is 18.2 Å². The van der Waals surface area contributed by atoms with E-state index in [9.17, 15) is 19.5 Å². The molecule has 2 unspecified atom stereocenters. The lowest BCUT2D eigenvalue weighted by Gasteiger charge is -2.46. The van der Waals surface area contributed by atoms with E-state index in [0.717, 1.165) is 5.56 Å². The first kappa shape index (κ1) is 16.9. The van der Waals surface area contributed by atoms with Crippen molar-refractivity contribution < 1.29 is 19.5 Å². The number of alkyl halides is 1. The molecule has 1 saturated heterocycles. The highest BCUT2D eigenvalue weighted by molar-refractivity contribution is 8.00. The second-order valence-corrected chi connectivity index (χ2v) is 7.04. The highest BCUT2D eigenvalue weighted by Crippen LogP contribution is 2.43. The van der Waals surface area contributed by atoms with E-state index in [-0.39, 0.29) is 41.6 Å². The van der Waals surface area contributed by atoms with Crippen LogP contribution >= 0.6 is 23.4 Å². The molecule has 8 heteroatoms. The van der Waals surface area contributed by atoms with Crippen molar-refractivity contribution in [2.45, 2.75) is 23.6 Å². The molecule has 0 aromatic heterocycles. The Labute approximate surface area is 147 Å². The molecule has 6 nitrogen and oxygen atoms in total. The lowest BCUT2D eigenvalue weighted by molar-refractivity contribution is -0.146. The van der Waals surface area contributed by atoms with E-state index in [1.165, 1.54) is 16.7 Å². The number of nitrogens with zero attached hydrogens (tertiary/aromatic N) is 1. The maximum absolute atomic E-state index is 12.3. The summed E-state index contributed by atoms with van der Waals surface area (Å²) >= 11 is 7.26. The smallest absolute Gasteiger partial charge is 0.352 e. The highest BCUT2D eigenvalue weighted by Gasteiger charge is 2.48. The largest absolute Gasteiger partial charge is 0.477 e. The number of benzene rings is 1. The molecule has 0 bridgehead atoms.